The lowest BCUT2D eigenvalue weighted by Crippen LogP contribution is -2.18. The Morgan fingerprint density at radius 2 is 2.12 bits per heavy atom. The predicted octanol–water partition coefficient (Wildman–Crippen LogP) is 2.62. The number of nitrogens with zero attached hydrogens (tertiary/aromatic N) is 2. The first kappa shape index (κ1) is 12.6. The Hall–Kier alpha value is -1.49. The minimum atomic E-state index is -4.86. The summed E-state index contributed by atoms with van der Waals surface area (Å²) >= 11 is 2.77. The molecule has 4 nitrogen and oxygen atoms in total. The minimum Gasteiger partial charge on any atom is -0.493 e. The van der Waals surface area contributed by atoms with Crippen LogP contribution in [0.4, 0.5) is 13.2 Å². The Balaban J connectivity index is 3.23. The third-order valence-electron chi connectivity index (χ3n) is 1.45. The maximum absolute atomic E-state index is 12.0. The number of pyridine rings is 1. The topological polar surface area (TPSA) is 55.1 Å². The highest BCUT2D eigenvalue weighted by Gasteiger charge is 2.34. The van der Waals surface area contributed by atoms with Gasteiger partial charge in [0.1, 0.15) is 11.8 Å². The third kappa shape index (κ3) is 3.00. The summed E-state index contributed by atoms with van der Waals surface area (Å²) in [6.07, 6.45) is -4.86. The zero-order valence-electron chi connectivity index (χ0n) is 7.80. The highest BCUT2D eigenvalue weighted by molar-refractivity contribution is 9.10. The standard InChI is InChI=1S/C8H4BrF3N2O2/c1-15-5-2-4(3-13)14-7(9)6(5)16-8(10,11)12/h2H,1H3. The fraction of sp³-hybridized carbons (Fsp3) is 0.250. The van der Waals surface area contributed by atoms with E-state index < -0.39 is 12.1 Å². The van der Waals surface area contributed by atoms with Crippen molar-refractivity contribution in [1.82, 2.24) is 4.98 Å². The molecule has 0 saturated heterocycles. The molecule has 0 aliphatic carbocycles. The second-order valence-electron chi connectivity index (χ2n) is 2.49. The van der Waals surface area contributed by atoms with Crippen molar-refractivity contribution in [3.05, 3.63) is 16.4 Å². The highest BCUT2D eigenvalue weighted by atomic mass is 79.9. The van der Waals surface area contributed by atoms with E-state index in [1.807, 2.05) is 0 Å². The normalized spacial score (nSPS) is 10.8. The molecule has 0 atom stereocenters. The van der Waals surface area contributed by atoms with Crippen LogP contribution in [0.3, 0.4) is 0 Å². The van der Waals surface area contributed by atoms with Crippen LogP contribution in [0.1, 0.15) is 5.69 Å². The Bertz CT molecular complexity index is 442. The van der Waals surface area contributed by atoms with Crippen LogP contribution in [-0.2, 0) is 0 Å². The van der Waals surface area contributed by atoms with Crippen molar-refractivity contribution < 1.29 is 22.6 Å². The molecule has 1 heterocycles. The van der Waals surface area contributed by atoms with Crippen LogP contribution in [0.2, 0.25) is 0 Å². The van der Waals surface area contributed by atoms with Crippen molar-refractivity contribution in [2.45, 2.75) is 6.36 Å². The highest BCUT2D eigenvalue weighted by Crippen LogP contribution is 2.37. The summed E-state index contributed by atoms with van der Waals surface area (Å²) in [5.74, 6) is -0.843. The molecule has 16 heavy (non-hydrogen) atoms. The van der Waals surface area contributed by atoms with Gasteiger partial charge >= 0.3 is 6.36 Å². The number of hydrogen-bond acceptors (Lipinski definition) is 4. The van der Waals surface area contributed by atoms with E-state index in [1.54, 1.807) is 6.07 Å². The van der Waals surface area contributed by atoms with Crippen molar-refractivity contribution in [3.63, 3.8) is 0 Å². The number of nitriles is 1. The molecule has 0 bridgehead atoms. The predicted molar refractivity (Wildman–Crippen MR) is 49.9 cm³/mol. The minimum absolute atomic E-state index is 0.0850. The molecule has 1 rings (SSSR count). The molecule has 0 saturated carbocycles. The average Bonchev–Trinajstić information content (AvgIpc) is 2.19. The Morgan fingerprint density at radius 1 is 1.50 bits per heavy atom. The van der Waals surface area contributed by atoms with Crippen LogP contribution in [0.15, 0.2) is 10.7 Å². The first-order valence-electron chi connectivity index (χ1n) is 3.77. The molecule has 0 unspecified atom stereocenters. The fourth-order valence-electron chi connectivity index (χ4n) is 0.897. The van der Waals surface area contributed by atoms with Gasteiger partial charge < -0.3 is 9.47 Å². The van der Waals surface area contributed by atoms with E-state index in [-0.39, 0.29) is 16.0 Å². The number of rotatable bonds is 2. The van der Waals surface area contributed by atoms with E-state index in [0.29, 0.717) is 0 Å². The maximum Gasteiger partial charge on any atom is 0.573 e. The Labute approximate surface area is 96.7 Å². The molecule has 8 heteroatoms. The van der Waals surface area contributed by atoms with Crippen LogP contribution in [0, 0.1) is 11.3 Å². The van der Waals surface area contributed by atoms with Crippen molar-refractivity contribution >= 4 is 15.9 Å². The molecule has 86 valence electrons. The lowest BCUT2D eigenvalue weighted by Gasteiger charge is -2.13. The molecule has 0 fully saturated rings. The van der Waals surface area contributed by atoms with Crippen LogP contribution in [-0.4, -0.2) is 18.5 Å². The van der Waals surface area contributed by atoms with Gasteiger partial charge in [0.25, 0.3) is 0 Å². The van der Waals surface area contributed by atoms with Crippen LogP contribution >= 0.6 is 15.9 Å². The largest absolute Gasteiger partial charge is 0.573 e. The zero-order valence-corrected chi connectivity index (χ0v) is 9.39. The number of ether oxygens (including phenoxy) is 2. The first-order valence-corrected chi connectivity index (χ1v) is 4.57. The van der Waals surface area contributed by atoms with Crippen molar-refractivity contribution in [2.24, 2.45) is 0 Å². The molecule has 0 aliphatic heterocycles. The van der Waals surface area contributed by atoms with Gasteiger partial charge in [-0.15, -0.1) is 13.2 Å². The quantitative estimate of drug-likeness (QED) is 0.787. The third-order valence-corrected chi connectivity index (χ3v) is 1.99. The number of methoxy groups -OCH3 is 1. The molecule has 1 aromatic heterocycles. The average molecular weight is 297 g/mol. The molecule has 1 aromatic rings. The van der Waals surface area contributed by atoms with Crippen LogP contribution in [0.25, 0.3) is 0 Å². The summed E-state index contributed by atoms with van der Waals surface area (Å²) in [6.45, 7) is 0. The molecule has 0 spiro atoms. The molecule has 0 amide bonds. The molecule has 0 N–H and O–H groups in total. The summed E-state index contributed by atoms with van der Waals surface area (Å²) in [6, 6.07) is 2.72. The van der Waals surface area contributed by atoms with Crippen LogP contribution in [0.5, 0.6) is 11.5 Å². The number of halogens is 4. The molecule has 0 radical (unpaired) electrons. The van der Waals surface area contributed by atoms with Gasteiger partial charge in [-0.3, -0.25) is 0 Å². The van der Waals surface area contributed by atoms with Crippen molar-refractivity contribution in [3.8, 4) is 17.6 Å². The molecular formula is C8H4BrF3N2O2. The maximum atomic E-state index is 12.0. The fourth-order valence-corrected chi connectivity index (χ4v) is 1.36. The first-order chi connectivity index (χ1) is 7.37. The van der Waals surface area contributed by atoms with Gasteiger partial charge in [-0.2, -0.15) is 5.26 Å². The Morgan fingerprint density at radius 3 is 2.56 bits per heavy atom. The van der Waals surface area contributed by atoms with Crippen LogP contribution < -0.4 is 9.47 Å². The van der Waals surface area contributed by atoms with Gasteiger partial charge in [0.2, 0.25) is 5.75 Å². The summed E-state index contributed by atoms with van der Waals surface area (Å²) in [5, 5.41) is 8.55. The molecule has 0 aliphatic rings. The molecule has 0 aromatic carbocycles. The lowest BCUT2D eigenvalue weighted by atomic mass is 10.3. The van der Waals surface area contributed by atoms with E-state index >= 15 is 0 Å². The SMILES string of the molecule is COc1cc(C#N)nc(Br)c1OC(F)(F)F. The van der Waals surface area contributed by atoms with Gasteiger partial charge in [-0.25, -0.2) is 4.98 Å². The van der Waals surface area contributed by atoms with Crippen molar-refractivity contribution in [2.75, 3.05) is 7.11 Å². The lowest BCUT2D eigenvalue weighted by molar-refractivity contribution is -0.275. The number of aromatic nitrogens is 1. The van der Waals surface area contributed by atoms with E-state index in [1.165, 1.54) is 0 Å². The van der Waals surface area contributed by atoms with E-state index in [2.05, 4.69) is 30.4 Å². The number of hydrogen-bond donors (Lipinski definition) is 0. The molecular weight excluding hydrogens is 293 g/mol. The monoisotopic (exact) mass is 296 g/mol. The summed E-state index contributed by atoms with van der Waals surface area (Å²) in [4.78, 5) is 3.53. The van der Waals surface area contributed by atoms with Gasteiger partial charge in [0.15, 0.2) is 10.4 Å². The van der Waals surface area contributed by atoms with Crippen molar-refractivity contribution in [1.29, 1.82) is 5.26 Å². The smallest absolute Gasteiger partial charge is 0.493 e. The zero-order chi connectivity index (χ0) is 12.3. The Kier molecular flexibility index (Phi) is 3.59. The summed E-state index contributed by atoms with van der Waals surface area (Å²) in [5.41, 5.74) is -0.0850. The summed E-state index contributed by atoms with van der Waals surface area (Å²) in [7, 11) is 1.16. The second kappa shape index (κ2) is 4.57. The van der Waals surface area contributed by atoms with E-state index in [0.717, 1.165) is 13.2 Å². The van der Waals surface area contributed by atoms with E-state index in [9.17, 15) is 13.2 Å². The van der Waals surface area contributed by atoms with Gasteiger partial charge in [-0.05, 0) is 15.9 Å². The van der Waals surface area contributed by atoms with E-state index in [4.69, 9.17) is 5.26 Å². The van der Waals surface area contributed by atoms with Gasteiger partial charge in [0, 0.05) is 6.07 Å². The second-order valence-corrected chi connectivity index (χ2v) is 3.24. The van der Waals surface area contributed by atoms with Gasteiger partial charge in [0.05, 0.1) is 7.11 Å². The van der Waals surface area contributed by atoms with Gasteiger partial charge in [-0.1, -0.05) is 0 Å². The number of alkyl halides is 3. The summed E-state index contributed by atoms with van der Waals surface area (Å²) < 4.78 is 44.2.